The molecular weight excluding hydrogens is 343 g/mol. The van der Waals surface area contributed by atoms with E-state index in [4.69, 9.17) is 39.5 Å². The maximum Gasteiger partial charge on any atom is 0.156 e. The summed E-state index contributed by atoms with van der Waals surface area (Å²) in [7, 11) is 0. The number of aromatic hydroxyl groups is 1. The fourth-order valence-corrected chi connectivity index (χ4v) is 2.94. The average Bonchev–Trinajstić information content (AvgIpc) is 2.48. The van der Waals surface area contributed by atoms with E-state index < -0.39 is 0 Å². The molecule has 0 aliphatic carbocycles. The van der Waals surface area contributed by atoms with E-state index in [1.54, 1.807) is 12.1 Å². The van der Waals surface area contributed by atoms with E-state index in [-0.39, 0.29) is 11.7 Å². The first kappa shape index (κ1) is 17.3. The molecule has 22 heavy (non-hydrogen) atoms. The van der Waals surface area contributed by atoms with Crippen molar-refractivity contribution >= 4 is 34.8 Å². The summed E-state index contributed by atoms with van der Waals surface area (Å²) in [5.74, 6) is 1.36. The van der Waals surface area contributed by atoms with E-state index in [0.717, 1.165) is 17.5 Å². The van der Waals surface area contributed by atoms with Crippen LogP contribution in [0.2, 0.25) is 10.0 Å². The molecule has 0 spiro atoms. The SMILES string of the molecule is C[C@H](Cc1ccc(O)cc1)c1cc(Cl)c(OCCCl)c(Cl)c1. The Kier molecular flexibility index (Phi) is 6.25. The lowest BCUT2D eigenvalue weighted by molar-refractivity contribution is 0.343. The van der Waals surface area contributed by atoms with Crippen LogP contribution in [0.15, 0.2) is 36.4 Å². The number of hydrogen-bond acceptors (Lipinski definition) is 2. The van der Waals surface area contributed by atoms with Crippen molar-refractivity contribution in [1.82, 2.24) is 0 Å². The number of phenols is 1. The minimum absolute atomic E-state index is 0.238. The highest BCUT2D eigenvalue weighted by Gasteiger charge is 2.14. The van der Waals surface area contributed by atoms with Crippen LogP contribution in [0.5, 0.6) is 11.5 Å². The maximum atomic E-state index is 9.32. The minimum atomic E-state index is 0.238. The molecule has 1 atom stereocenters. The molecule has 2 aromatic rings. The van der Waals surface area contributed by atoms with Gasteiger partial charge in [0.2, 0.25) is 0 Å². The lowest BCUT2D eigenvalue weighted by atomic mass is 9.93. The quantitative estimate of drug-likeness (QED) is 0.674. The molecule has 118 valence electrons. The third-order valence-electron chi connectivity index (χ3n) is 3.39. The number of phenolic OH excluding ortho intramolecular Hbond substituents is 1. The summed E-state index contributed by atoms with van der Waals surface area (Å²) in [5, 5.41) is 10.3. The number of rotatable bonds is 6. The van der Waals surface area contributed by atoms with Crippen LogP contribution >= 0.6 is 34.8 Å². The Morgan fingerprint density at radius 3 is 2.23 bits per heavy atom. The zero-order chi connectivity index (χ0) is 16.1. The van der Waals surface area contributed by atoms with Gasteiger partial charge in [0.25, 0.3) is 0 Å². The van der Waals surface area contributed by atoms with Gasteiger partial charge in [0.05, 0.1) is 15.9 Å². The second-order valence-electron chi connectivity index (χ2n) is 5.12. The molecule has 2 nitrogen and oxygen atoms in total. The smallest absolute Gasteiger partial charge is 0.156 e. The van der Waals surface area contributed by atoms with Crippen molar-refractivity contribution in [3.05, 3.63) is 57.6 Å². The summed E-state index contributed by atoms with van der Waals surface area (Å²) in [4.78, 5) is 0. The first-order chi connectivity index (χ1) is 10.5. The van der Waals surface area contributed by atoms with Crippen molar-refractivity contribution in [2.75, 3.05) is 12.5 Å². The second-order valence-corrected chi connectivity index (χ2v) is 6.32. The molecule has 2 aromatic carbocycles. The van der Waals surface area contributed by atoms with Gasteiger partial charge >= 0.3 is 0 Å². The monoisotopic (exact) mass is 358 g/mol. The zero-order valence-electron chi connectivity index (χ0n) is 12.2. The minimum Gasteiger partial charge on any atom is -0.508 e. The summed E-state index contributed by atoms with van der Waals surface area (Å²) >= 11 is 18.1. The largest absolute Gasteiger partial charge is 0.508 e. The van der Waals surface area contributed by atoms with Crippen molar-refractivity contribution in [3.63, 3.8) is 0 Å². The average molecular weight is 360 g/mol. The number of alkyl halides is 1. The first-order valence-electron chi connectivity index (χ1n) is 6.97. The van der Waals surface area contributed by atoms with E-state index in [1.165, 1.54) is 0 Å². The van der Waals surface area contributed by atoms with Gasteiger partial charge in [0.15, 0.2) is 5.75 Å². The summed E-state index contributed by atoms with van der Waals surface area (Å²) in [6.45, 7) is 2.47. The highest BCUT2D eigenvalue weighted by molar-refractivity contribution is 6.37. The molecule has 0 radical (unpaired) electrons. The number of benzene rings is 2. The summed E-state index contributed by atoms with van der Waals surface area (Å²) in [6.07, 6.45) is 0.828. The number of ether oxygens (including phenoxy) is 1. The van der Waals surface area contributed by atoms with Crippen LogP contribution in [0.25, 0.3) is 0 Å². The van der Waals surface area contributed by atoms with Gasteiger partial charge in [-0.2, -0.15) is 0 Å². The fraction of sp³-hybridized carbons (Fsp3) is 0.294. The van der Waals surface area contributed by atoms with Gasteiger partial charge in [-0.15, -0.1) is 11.6 Å². The first-order valence-corrected chi connectivity index (χ1v) is 8.26. The Morgan fingerprint density at radius 1 is 1.09 bits per heavy atom. The molecule has 0 saturated carbocycles. The molecule has 0 bridgehead atoms. The molecule has 0 unspecified atom stereocenters. The van der Waals surface area contributed by atoms with Gasteiger partial charge in [-0.25, -0.2) is 0 Å². The van der Waals surface area contributed by atoms with Crippen molar-refractivity contribution in [2.45, 2.75) is 19.3 Å². The highest BCUT2D eigenvalue weighted by atomic mass is 35.5. The zero-order valence-corrected chi connectivity index (χ0v) is 14.4. The summed E-state index contributed by atoms with van der Waals surface area (Å²) in [6, 6.07) is 10.9. The molecule has 5 heteroatoms. The van der Waals surface area contributed by atoms with Crippen LogP contribution in [0.4, 0.5) is 0 Å². The van der Waals surface area contributed by atoms with Crippen molar-refractivity contribution in [2.24, 2.45) is 0 Å². The van der Waals surface area contributed by atoms with E-state index >= 15 is 0 Å². The van der Waals surface area contributed by atoms with Crippen LogP contribution in [0.3, 0.4) is 0 Å². The standard InChI is InChI=1S/C17H17Cl3O2/c1-11(8-12-2-4-14(21)5-3-12)13-9-15(19)17(16(20)10-13)22-7-6-18/h2-5,9-11,21H,6-8H2,1H3/t11-/m1/s1. The van der Waals surface area contributed by atoms with E-state index in [0.29, 0.717) is 28.3 Å². The van der Waals surface area contributed by atoms with Gasteiger partial charge in [-0.05, 0) is 47.7 Å². The molecule has 2 rings (SSSR count). The highest BCUT2D eigenvalue weighted by Crippen LogP contribution is 2.37. The maximum absolute atomic E-state index is 9.32. The van der Waals surface area contributed by atoms with Gasteiger partial charge in [0.1, 0.15) is 12.4 Å². The Labute approximate surface area is 145 Å². The van der Waals surface area contributed by atoms with Crippen LogP contribution < -0.4 is 4.74 Å². The van der Waals surface area contributed by atoms with E-state index in [1.807, 2.05) is 24.3 Å². The topological polar surface area (TPSA) is 29.5 Å². The van der Waals surface area contributed by atoms with Crippen molar-refractivity contribution < 1.29 is 9.84 Å². The van der Waals surface area contributed by atoms with Crippen molar-refractivity contribution in [3.8, 4) is 11.5 Å². The number of halogens is 3. The van der Waals surface area contributed by atoms with Gasteiger partial charge in [-0.1, -0.05) is 42.3 Å². The molecule has 0 aliphatic rings. The van der Waals surface area contributed by atoms with Crippen LogP contribution in [-0.2, 0) is 6.42 Å². The van der Waals surface area contributed by atoms with Crippen LogP contribution in [0, 0.1) is 0 Å². The Bertz CT molecular complexity index is 603. The van der Waals surface area contributed by atoms with Gasteiger partial charge < -0.3 is 9.84 Å². The lowest BCUT2D eigenvalue weighted by Crippen LogP contribution is -2.02. The predicted octanol–water partition coefficient (Wildman–Crippen LogP) is 5.66. The summed E-state index contributed by atoms with van der Waals surface area (Å²) < 4.78 is 5.46. The van der Waals surface area contributed by atoms with Gasteiger partial charge in [0, 0.05) is 0 Å². The Morgan fingerprint density at radius 2 is 1.68 bits per heavy atom. The molecule has 0 aromatic heterocycles. The molecule has 0 amide bonds. The Hall–Kier alpha value is -1.09. The molecule has 0 saturated heterocycles. The third kappa shape index (κ3) is 4.45. The molecule has 1 N–H and O–H groups in total. The van der Waals surface area contributed by atoms with Crippen molar-refractivity contribution in [1.29, 1.82) is 0 Å². The fourth-order valence-electron chi connectivity index (χ4n) is 2.25. The van der Waals surface area contributed by atoms with Gasteiger partial charge in [-0.3, -0.25) is 0 Å². The second kappa shape index (κ2) is 7.96. The Balaban J connectivity index is 2.16. The summed E-state index contributed by atoms with van der Waals surface area (Å²) in [5.41, 5.74) is 2.18. The lowest BCUT2D eigenvalue weighted by Gasteiger charge is -2.16. The third-order valence-corrected chi connectivity index (χ3v) is 4.11. The predicted molar refractivity (Wildman–Crippen MR) is 92.9 cm³/mol. The molecule has 0 heterocycles. The van der Waals surface area contributed by atoms with E-state index in [9.17, 15) is 5.11 Å². The molecular formula is C17H17Cl3O2. The van der Waals surface area contributed by atoms with E-state index in [2.05, 4.69) is 6.92 Å². The number of hydrogen-bond donors (Lipinski definition) is 1. The van der Waals surface area contributed by atoms with Crippen LogP contribution in [-0.4, -0.2) is 17.6 Å². The normalized spacial score (nSPS) is 12.2. The van der Waals surface area contributed by atoms with Crippen LogP contribution in [0.1, 0.15) is 24.0 Å². The molecule has 0 aliphatic heterocycles. The molecule has 0 fully saturated rings.